The lowest BCUT2D eigenvalue weighted by Gasteiger charge is -2.22. The molecule has 1 heterocycles. The van der Waals surface area contributed by atoms with Gasteiger partial charge in [-0.3, -0.25) is 4.79 Å². The monoisotopic (exact) mass is 328 g/mol. The van der Waals surface area contributed by atoms with Crippen LogP contribution in [0.15, 0.2) is 24.3 Å². The molecule has 2 N–H and O–H groups in total. The van der Waals surface area contributed by atoms with E-state index in [1.807, 2.05) is 0 Å². The van der Waals surface area contributed by atoms with Gasteiger partial charge in [0.2, 0.25) is 5.91 Å². The van der Waals surface area contributed by atoms with Gasteiger partial charge in [-0.05, 0) is 44.3 Å². The molecule has 1 unspecified atom stereocenters. The van der Waals surface area contributed by atoms with Gasteiger partial charge in [0.05, 0.1) is 5.75 Å². The fourth-order valence-corrected chi connectivity index (χ4v) is 3.28. The van der Waals surface area contributed by atoms with E-state index in [4.69, 9.17) is 0 Å². The molecule has 118 valence electrons. The van der Waals surface area contributed by atoms with Gasteiger partial charge in [-0.25, -0.2) is 0 Å². The average Bonchev–Trinajstić information content (AvgIpc) is 2.46. The highest BCUT2D eigenvalue weighted by atomic mass is 35.5. The Morgan fingerprint density at radius 2 is 2.33 bits per heavy atom. The third kappa shape index (κ3) is 7.21. The van der Waals surface area contributed by atoms with Crippen LogP contribution in [0.25, 0.3) is 0 Å². The maximum atomic E-state index is 11.8. The number of piperidine rings is 1. The number of benzene rings is 1. The van der Waals surface area contributed by atoms with Gasteiger partial charge in [-0.2, -0.15) is 0 Å². The van der Waals surface area contributed by atoms with Gasteiger partial charge in [-0.1, -0.05) is 29.8 Å². The summed E-state index contributed by atoms with van der Waals surface area (Å²) in [7, 11) is 0. The van der Waals surface area contributed by atoms with Crippen molar-refractivity contribution in [2.24, 2.45) is 5.92 Å². The number of carbonyl (C=O) groups excluding carboxylic acids is 1. The zero-order chi connectivity index (χ0) is 14.2. The highest BCUT2D eigenvalue weighted by molar-refractivity contribution is 7.99. The molecule has 0 aromatic heterocycles. The molecule has 1 amide bonds. The molecule has 5 heteroatoms. The first-order valence-corrected chi connectivity index (χ1v) is 8.50. The SMILES string of the molecule is Cc1cccc(CSCC(=O)NCC2CCCNC2)c1.Cl. The Labute approximate surface area is 138 Å². The van der Waals surface area contributed by atoms with Gasteiger partial charge in [0.25, 0.3) is 0 Å². The molecular weight excluding hydrogens is 304 g/mol. The predicted octanol–water partition coefficient (Wildman–Crippen LogP) is 2.77. The molecule has 0 spiro atoms. The van der Waals surface area contributed by atoms with Crippen molar-refractivity contribution >= 4 is 30.1 Å². The molecule has 1 aromatic rings. The molecule has 0 bridgehead atoms. The Bertz CT molecular complexity index is 436. The van der Waals surface area contributed by atoms with Gasteiger partial charge in [0.1, 0.15) is 0 Å². The summed E-state index contributed by atoms with van der Waals surface area (Å²) in [5, 5.41) is 6.42. The molecule has 0 radical (unpaired) electrons. The third-order valence-electron chi connectivity index (χ3n) is 3.57. The lowest BCUT2D eigenvalue weighted by molar-refractivity contribution is -0.118. The summed E-state index contributed by atoms with van der Waals surface area (Å²) in [6.07, 6.45) is 2.45. The van der Waals surface area contributed by atoms with E-state index in [-0.39, 0.29) is 18.3 Å². The molecule has 21 heavy (non-hydrogen) atoms. The number of thioether (sulfide) groups is 1. The van der Waals surface area contributed by atoms with Gasteiger partial charge in [-0.15, -0.1) is 24.2 Å². The van der Waals surface area contributed by atoms with Crippen molar-refractivity contribution in [3.8, 4) is 0 Å². The van der Waals surface area contributed by atoms with Crippen LogP contribution in [0.2, 0.25) is 0 Å². The number of carbonyl (C=O) groups is 1. The van der Waals surface area contributed by atoms with E-state index in [1.165, 1.54) is 24.0 Å². The number of hydrogen-bond donors (Lipinski definition) is 2. The van der Waals surface area contributed by atoms with Crippen molar-refractivity contribution in [2.75, 3.05) is 25.4 Å². The maximum Gasteiger partial charge on any atom is 0.230 e. The summed E-state index contributed by atoms with van der Waals surface area (Å²) in [5.41, 5.74) is 2.57. The van der Waals surface area contributed by atoms with Crippen LogP contribution in [0.1, 0.15) is 24.0 Å². The number of rotatable bonds is 6. The first-order valence-electron chi connectivity index (χ1n) is 7.35. The normalized spacial score (nSPS) is 17.9. The molecule has 1 aliphatic rings. The number of halogens is 1. The van der Waals surface area contributed by atoms with Crippen LogP contribution in [-0.2, 0) is 10.5 Å². The van der Waals surface area contributed by atoms with Crippen LogP contribution in [0.3, 0.4) is 0 Å². The molecule has 2 rings (SSSR count). The van der Waals surface area contributed by atoms with Crippen LogP contribution >= 0.6 is 24.2 Å². The summed E-state index contributed by atoms with van der Waals surface area (Å²) in [4.78, 5) is 11.8. The van der Waals surface area contributed by atoms with Crippen molar-refractivity contribution in [3.63, 3.8) is 0 Å². The fraction of sp³-hybridized carbons (Fsp3) is 0.562. The fourth-order valence-electron chi connectivity index (χ4n) is 2.47. The van der Waals surface area contributed by atoms with E-state index in [9.17, 15) is 4.79 Å². The molecule has 1 aromatic carbocycles. The number of aryl methyl sites for hydroxylation is 1. The molecule has 0 saturated carbocycles. The average molecular weight is 329 g/mol. The minimum absolute atomic E-state index is 0. The zero-order valence-electron chi connectivity index (χ0n) is 12.6. The second-order valence-corrected chi connectivity index (χ2v) is 6.48. The molecule has 1 atom stereocenters. The van der Waals surface area contributed by atoms with Crippen LogP contribution in [0.4, 0.5) is 0 Å². The van der Waals surface area contributed by atoms with E-state index >= 15 is 0 Å². The van der Waals surface area contributed by atoms with Gasteiger partial charge >= 0.3 is 0 Å². The van der Waals surface area contributed by atoms with E-state index in [1.54, 1.807) is 11.8 Å². The number of nitrogens with one attached hydrogen (secondary N) is 2. The van der Waals surface area contributed by atoms with Gasteiger partial charge in [0, 0.05) is 12.3 Å². The quantitative estimate of drug-likeness (QED) is 0.843. The van der Waals surface area contributed by atoms with Crippen LogP contribution in [0.5, 0.6) is 0 Å². The summed E-state index contributed by atoms with van der Waals surface area (Å²) in [5.74, 6) is 2.22. The maximum absolute atomic E-state index is 11.8. The summed E-state index contributed by atoms with van der Waals surface area (Å²) in [6, 6.07) is 8.46. The summed E-state index contributed by atoms with van der Waals surface area (Å²) < 4.78 is 0. The van der Waals surface area contributed by atoms with Crippen LogP contribution < -0.4 is 10.6 Å². The second-order valence-electron chi connectivity index (χ2n) is 5.50. The van der Waals surface area contributed by atoms with Crippen molar-refractivity contribution in [1.82, 2.24) is 10.6 Å². The standard InChI is InChI=1S/C16H24N2OS.ClH/c1-13-4-2-5-14(8-13)11-20-12-16(19)18-10-15-6-3-7-17-9-15;/h2,4-5,8,15,17H,3,6-7,9-12H2,1H3,(H,18,19);1H. The van der Waals surface area contributed by atoms with Gasteiger partial charge < -0.3 is 10.6 Å². The van der Waals surface area contributed by atoms with E-state index < -0.39 is 0 Å². The van der Waals surface area contributed by atoms with Gasteiger partial charge in [0.15, 0.2) is 0 Å². The Kier molecular flexibility index (Phi) is 8.81. The largest absolute Gasteiger partial charge is 0.355 e. The van der Waals surface area contributed by atoms with Crippen LogP contribution in [0, 0.1) is 12.8 Å². The smallest absolute Gasteiger partial charge is 0.230 e. The first-order chi connectivity index (χ1) is 9.74. The predicted molar refractivity (Wildman–Crippen MR) is 93.2 cm³/mol. The van der Waals surface area contributed by atoms with E-state index in [2.05, 4.69) is 41.8 Å². The number of amides is 1. The number of hydrogen-bond acceptors (Lipinski definition) is 3. The first kappa shape index (κ1) is 18.3. The van der Waals surface area contributed by atoms with Crippen molar-refractivity contribution in [1.29, 1.82) is 0 Å². The summed E-state index contributed by atoms with van der Waals surface area (Å²) >= 11 is 1.68. The Morgan fingerprint density at radius 1 is 1.48 bits per heavy atom. The molecule has 0 aliphatic carbocycles. The van der Waals surface area contributed by atoms with E-state index in [0.717, 1.165) is 25.4 Å². The molecule has 3 nitrogen and oxygen atoms in total. The Morgan fingerprint density at radius 3 is 3.05 bits per heavy atom. The lowest BCUT2D eigenvalue weighted by Crippen LogP contribution is -2.38. The lowest BCUT2D eigenvalue weighted by atomic mass is 10.00. The third-order valence-corrected chi connectivity index (χ3v) is 4.57. The molecule has 1 aliphatic heterocycles. The molecule has 1 saturated heterocycles. The van der Waals surface area contributed by atoms with Crippen molar-refractivity contribution in [3.05, 3.63) is 35.4 Å². The minimum atomic E-state index is 0. The molecule has 1 fully saturated rings. The highest BCUT2D eigenvalue weighted by Crippen LogP contribution is 2.13. The van der Waals surface area contributed by atoms with E-state index in [0.29, 0.717) is 11.7 Å². The highest BCUT2D eigenvalue weighted by Gasteiger charge is 2.13. The minimum Gasteiger partial charge on any atom is -0.355 e. The summed E-state index contributed by atoms with van der Waals surface area (Å²) in [6.45, 7) is 5.07. The molecular formula is C16H25ClN2OS. The Balaban J connectivity index is 0.00000220. The van der Waals surface area contributed by atoms with Crippen LogP contribution in [-0.4, -0.2) is 31.3 Å². The second kappa shape index (κ2) is 10.1. The zero-order valence-corrected chi connectivity index (χ0v) is 14.2. The van der Waals surface area contributed by atoms with Crippen molar-refractivity contribution < 1.29 is 4.79 Å². The topological polar surface area (TPSA) is 41.1 Å². The Hall–Kier alpha value is -0.710. The van der Waals surface area contributed by atoms with Crippen molar-refractivity contribution in [2.45, 2.75) is 25.5 Å².